The van der Waals surface area contributed by atoms with E-state index in [1.807, 2.05) is 6.92 Å². The van der Waals surface area contributed by atoms with E-state index in [1.54, 1.807) is 29.9 Å². The largest absolute Gasteiger partial charge is 0.340 e. The van der Waals surface area contributed by atoms with Crippen molar-refractivity contribution >= 4 is 5.91 Å². The molecule has 78 valence electrons. The van der Waals surface area contributed by atoms with Gasteiger partial charge in [0, 0.05) is 33.4 Å². The predicted octanol–water partition coefficient (Wildman–Crippen LogP) is -0.241. The van der Waals surface area contributed by atoms with Gasteiger partial charge in [-0.15, -0.1) is 0 Å². The Hall–Kier alpha value is -1.36. The molecule has 2 N–H and O–H groups in total. The number of amides is 1. The molecule has 0 aromatic carbocycles. The van der Waals surface area contributed by atoms with Crippen LogP contribution in [0.2, 0.25) is 0 Å². The van der Waals surface area contributed by atoms with Crippen LogP contribution >= 0.6 is 0 Å². The van der Waals surface area contributed by atoms with Crippen LogP contribution in [0, 0.1) is 6.92 Å². The molecule has 1 rings (SSSR count). The number of aromatic nitrogens is 2. The molecule has 14 heavy (non-hydrogen) atoms. The highest BCUT2D eigenvalue weighted by atomic mass is 16.2. The zero-order chi connectivity index (χ0) is 10.7. The van der Waals surface area contributed by atoms with Gasteiger partial charge in [-0.3, -0.25) is 9.48 Å². The number of carbonyl (C=O) groups is 1. The molecule has 0 saturated carbocycles. The van der Waals surface area contributed by atoms with Crippen LogP contribution in [0.4, 0.5) is 0 Å². The first-order valence-electron chi connectivity index (χ1n) is 4.52. The Kier molecular flexibility index (Phi) is 3.24. The Morgan fingerprint density at radius 2 is 2.36 bits per heavy atom. The average molecular weight is 196 g/mol. The van der Waals surface area contributed by atoms with E-state index in [2.05, 4.69) is 5.10 Å². The van der Waals surface area contributed by atoms with Crippen molar-refractivity contribution in [3.05, 3.63) is 17.5 Å². The lowest BCUT2D eigenvalue weighted by Crippen LogP contribution is -2.31. The molecular formula is C9H16N4O. The minimum atomic E-state index is -0.0268. The highest BCUT2D eigenvalue weighted by Gasteiger charge is 2.15. The third kappa shape index (κ3) is 2.11. The van der Waals surface area contributed by atoms with Crippen LogP contribution < -0.4 is 5.73 Å². The normalized spacial score (nSPS) is 10.3. The van der Waals surface area contributed by atoms with Gasteiger partial charge >= 0.3 is 0 Å². The molecule has 0 radical (unpaired) electrons. The van der Waals surface area contributed by atoms with Crippen LogP contribution in [0.5, 0.6) is 0 Å². The van der Waals surface area contributed by atoms with Crippen molar-refractivity contribution in [1.82, 2.24) is 14.7 Å². The summed E-state index contributed by atoms with van der Waals surface area (Å²) >= 11 is 0. The summed E-state index contributed by atoms with van der Waals surface area (Å²) in [5, 5.41) is 4.11. The first kappa shape index (κ1) is 10.7. The lowest BCUT2D eigenvalue weighted by molar-refractivity contribution is 0.0798. The minimum absolute atomic E-state index is 0.0268. The molecule has 1 heterocycles. The Morgan fingerprint density at radius 1 is 1.71 bits per heavy atom. The van der Waals surface area contributed by atoms with Crippen molar-refractivity contribution in [2.24, 2.45) is 12.8 Å². The fourth-order valence-electron chi connectivity index (χ4n) is 1.31. The third-order valence-electron chi connectivity index (χ3n) is 2.06. The molecular weight excluding hydrogens is 180 g/mol. The minimum Gasteiger partial charge on any atom is -0.340 e. The molecule has 0 spiro atoms. The summed E-state index contributed by atoms with van der Waals surface area (Å²) in [6, 6.07) is 0. The van der Waals surface area contributed by atoms with E-state index < -0.39 is 0 Å². The zero-order valence-electron chi connectivity index (χ0n) is 8.82. The monoisotopic (exact) mass is 196 g/mol. The van der Waals surface area contributed by atoms with Gasteiger partial charge in [-0.1, -0.05) is 0 Å². The SMILES string of the molecule is Cc1nn(C)cc1C(=O)N(C)CCN. The number of hydrogen-bond donors (Lipinski definition) is 1. The van der Waals surface area contributed by atoms with Crippen molar-refractivity contribution in [1.29, 1.82) is 0 Å². The summed E-state index contributed by atoms with van der Waals surface area (Å²) < 4.78 is 1.64. The Labute approximate surface area is 83.5 Å². The van der Waals surface area contributed by atoms with E-state index in [4.69, 9.17) is 5.73 Å². The number of aryl methyl sites for hydroxylation is 2. The number of hydrogen-bond acceptors (Lipinski definition) is 3. The number of rotatable bonds is 3. The van der Waals surface area contributed by atoms with Gasteiger partial charge < -0.3 is 10.6 Å². The maximum Gasteiger partial charge on any atom is 0.257 e. The highest BCUT2D eigenvalue weighted by molar-refractivity contribution is 5.94. The van der Waals surface area contributed by atoms with Crippen molar-refractivity contribution in [3.8, 4) is 0 Å². The Bertz CT molecular complexity index is 332. The van der Waals surface area contributed by atoms with Gasteiger partial charge in [0.2, 0.25) is 0 Å². The molecule has 1 aromatic heterocycles. The molecule has 0 bridgehead atoms. The van der Waals surface area contributed by atoms with Crippen LogP contribution in [-0.4, -0.2) is 40.7 Å². The van der Waals surface area contributed by atoms with E-state index in [0.717, 1.165) is 5.69 Å². The van der Waals surface area contributed by atoms with Crippen LogP contribution in [0.15, 0.2) is 6.20 Å². The van der Waals surface area contributed by atoms with Gasteiger partial charge in [0.15, 0.2) is 0 Å². The second-order valence-electron chi connectivity index (χ2n) is 3.32. The Balaban J connectivity index is 2.83. The molecule has 0 saturated heterocycles. The molecule has 1 amide bonds. The fourth-order valence-corrected chi connectivity index (χ4v) is 1.31. The van der Waals surface area contributed by atoms with E-state index >= 15 is 0 Å². The summed E-state index contributed by atoms with van der Waals surface area (Å²) in [6.07, 6.45) is 1.73. The van der Waals surface area contributed by atoms with Crippen molar-refractivity contribution in [2.45, 2.75) is 6.92 Å². The number of nitrogens with zero attached hydrogens (tertiary/aromatic N) is 3. The highest BCUT2D eigenvalue weighted by Crippen LogP contribution is 2.07. The van der Waals surface area contributed by atoms with Crippen molar-refractivity contribution < 1.29 is 4.79 Å². The summed E-state index contributed by atoms with van der Waals surface area (Å²) in [7, 11) is 3.54. The number of carbonyl (C=O) groups excluding carboxylic acids is 1. The smallest absolute Gasteiger partial charge is 0.257 e. The predicted molar refractivity (Wildman–Crippen MR) is 54.0 cm³/mol. The average Bonchev–Trinajstić information content (AvgIpc) is 2.44. The van der Waals surface area contributed by atoms with E-state index in [1.165, 1.54) is 0 Å². The first-order chi connectivity index (χ1) is 6.56. The molecule has 0 unspecified atom stereocenters. The summed E-state index contributed by atoms with van der Waals surface area (Å²) in [6.45, 7) is 2.86. The topological polar surface area (TPSA) is 64.2 Å². The molecule has 0 aliphatic carbocycles. The second-order valence-corrected chi connectivity index (χ2v) is 3.32. The standard InChI is InChI=1S/C9H16N4O/c1-7-8(6-13(3)11-7)9(14)12(2)5-4-10/h6H,4-5,10H2,1-3H3. The number of nitrogens with two attached hydrogens (primary N) is 1. The molecule has 5 nitrogen and oxygen atoms in total. The van der Waals surface area contributed by atoms with Crippen LogP contribution in [0.3, 0.4) is 0 Å². The van der Waals surface area contributed by atoms with E-state index in [0.29, 0.717) is 18.7 Å². The lowest BCUT2D eigenvalue weighted by atomic mass is 10.2. The van der Waals surface area contributed by atoms with Gasteiger partial charge in [0.25, 0.3) is 5.91 Å². The fraction of sp³-hybridized carbons (Fsp3) is 0.556. The van der Waals surface area contributed by atoms with Gasteiger partial charge in [-0.2, -0.15) is 5.10 Å². The quantitative estimate of drug-likeness (QED) is 0.725. The third-order valence-corrected chi connectivity index (χ3v) is 2.06. The molecule has 0 aliphatic rings. The maximum atomic E-state index is 11.8. The van der Waals surface area contributed by atoms with E-state index in [9.17, 15) is 4.79 Å². The van der Waals surface area contributed by atoms with E-state index in [-0.39, 0.29) is 5.91 Å². The van der Waals surface area contributed by atoms with Crippen LogP contribution in [0.1, 0.15) is 16.1 Å². The molecule has 1 aromatic rings. The van der Waals surface area contributed by atoms with Crippen LogP contribution in [0.25, 0.3) is 0 Å². The van der Waals surface area contributed by atoms with Gasteiger partial charge in [0.1, 0.15) is 0 Å². The molecule has 0 fully saturated rings. The van der Waals surface area contributed by atoms with Crippen LogP contribution in [-0.2, 0) is 7.05 Å². The van der Waals surface area contributed by atoms with Gasteiger partial charge in [-0.05, 0) is 6.92 Å². The zero-order valence-corrected chi connectivity index (χ0v) is 8.82. The second kappa shape index (κ2) is 4.23. The van der Waals surface area contributed by atoms with Gasteiger partial charge in [-0.25, -0.2) is 0 Å². The number of likely N-dealkylation sites (N-methyl/N-ethyl adjacent to an activating group) is 1. The van der Waals surface area contributed by atoms with Gasteiger partial charge in [0.05, 0.1) is 11.3 Å². The first-order valence-corrected chi connectivity index (χ1v) is 4.52. The van der Waals surface area contributed by atoms with Crippen molar-refractivity contribution in [3.63, 3.8) is 0 Å². The lowest BCUT2D eigenvalue weighted by Gasteiger charge is -2.14. The molecule has 5 heteroatoms. The summed E-state index contributed by atoms with van der Waals surface area (Å²) in [5.41, 5.74) is 6.77. The van der Waals surface area contributed by atoms with Crippen molar-refractivity contribution in [2.75, 3.05) is 20.1 Å². The summed E-state index contributed by atoms with van der Waals surface area (Å²) in [4.78, 5) is 13.4. The molecule has 0 aliphatic heterocycles. The molecule has 0 atom stereocenters. The summed E-state index contributed by atoms with van der Waals surface area (Å²) in [5.74, 6) is -0.0268. The Morgan fingerprint density at radius 3 is 2.79 bits per heavy atom. The maximum absolute atomic E-state index is 11.8.